The number of benzene rings is 3. The fraction of sp³-hybridized carbons (Fsp3) is 0.0741. The number of hydrogen-bond acceptors (Lipinski definition) is 5. The van der Waals surface area contributed by atoms with E-state index in [-0.39, 0.29) is 5.56 Å². The second-order valence-corrected chi connectivity index (χ2v) is 8.69. The van der Waals surface area contributed by atoms with Gasteiger partial charge >= 0.3 is 0 Å². The minimum atomic E-state index is -0.136. The van der Waals surface area contributed by atoms with Crippen LogP contribution in [0, 0.1) is 6.92 Å². The molecule has 0 atom stereocenters. The van der Waals surface area contributed by atoms with Crippen LogP contribution in [-0.2, 0) is 5.75 Å². The number of fused-ring (bicyclic) bond motifs is 2. The lowest BCUT2D eigenvalue weighted by Crippen LogP contribution is -2.21. The van der Waals surface area contributed by atoms with Gasteiger partial charge in [-0.05, 0) is 47.0 Å². The minimum Gasteiger partial charge on any atom is -0.278 e. The molecule has 0 bridgehead atoms. The molecule has 0 aliphatic heterocycles. The highest BCUT2D eigenvalue weighted by atomic mass is 32.2. The first kappa shape index (κ1) is 21.0. The summed E-state index contributed by atoms with van der Waals surface area (Å²) in [6, 6.07) is 28.2. The van der Waals surface area contributed by atoms with Crippen LogP contribution in [-0.4, -0.2) is 15.6 Å². The number of aromatic nitrogens is 2. The van der Waals surface area contributed by atoms with Gasteiger partial charge in [-0.25, -0.2) is 4.98 Å². The lowest BCUT2D eigenvalue weighted by atomic mass is 10.1. The van der Waals surface area contributed by atoms with Crippen molar-refractivity contribution in [3.8, 4) is 0 Å². The van der Waals surface area contributed by atoms with Crippen LogP contribution in [0.2, 0.25) is 0 Å². The maximum atomic E-state index is 13.3. The molecule has 0 saturated carbocycles. The van der Waals surface area contributed by atoms with E-state index in [1.165, 1.54) is 10.9 Å². The lowest BCUT2D eigenvalue weighted by Gasteiger charge is -2.10. The largest absolute Gasteiger partial charge is 0.278 e. The van der Waals surface area contributed by atoms with Crippen LogP contribution in [0.1, 0.15) is 16.7 Å². The van der Waals surface area contributed by atoms with E-state index < -0.39 is 0 Å². The van der Waals surface area contributed by atoms with E-state index in [0.29, 0.717) is 22.0 Å². The number of nitrogens with zero attached hydrogens (tertiary/aromatic N) is 3. The number of hydrogen-bond donors (Lipinski definition) is 1. The lowest BCUT2D eigenvalue weighted by molar-refractivity contribution is 0.967. The summed E-state index contributed by atoms with van der Waals surface area (Å²) >= 11 is 1.54. The molecule has 0 aliphatic carbocycles. The molecule has 0 radical (unpaired) electrons. The third-order valence-electron chi connectivity index (χ3n) is 5.40. The zero-order chi connectivity index (χ0) is 22.6. The Morgan fingerprint density at radius 3 is 2.61 bits per heavy atom. The van der Waals surface area contributed by atoms with Gasteiger partial charge in [-0.1, -0.05) is 66.7 Å². The first-order valence-corrected chi connectivity index (χ1v) is 11.6. The fourth-order valence-electron chi connectivity index (χ4n) is 3.67. The van der Waals surface area contributed by atoms with Crippen molar-refractivity contribution in [1.82, 2.24) is 9.38 Å². The quantitative estimate of drug-likeness (QED) is 0.152. The molecule has 0 amide bonds. The molecule has 1 N–H and O–H groups in total. The number of anilines is 1. The van der Waals surface area contributed by atoms with Gasteiger partial charge in [0.05, 0.1) is 17.5 Å². The Morgan fingerprint density at radius 1 is 0.970 bits per heavy atom. The highest BCUT2D eigenvalue weighted by Gasteiger charge is 2.13. The van der Waals surface area contributed by atoms with E-state index >= 15 is 0 Å². The van der Waals surface area contributed by atoms with Crippen LogP contribution in [0.5, 0.6) is 0 Å². The standard InChI is InChI=1S/C27H22N4OS/c1-19-8-7-15-31-25(19)29-26(33-18-20-9-3-2-4-10-20)24(27(31)32)17-28-30-23-14-13-21-11-5-6-12-22(21)16-23/h2-17,30H,18H2,1H3/b28-17-. The summed E-state index contributed by atoms with van der Waals surface area (Å²) in [4.78, 5) is 18.1. The third kappa shape index (κ3) is 4.52. The van der Waals surface area contributed by atoms with Gasteiger partial charge in [0, 0.05) is 11.9 Å². The smallest absolute Gasteiger partial charge is 0.267 e. The summed E-state index contributed by atoms with van der Waals surface area (Å²) in [5.74, 6) is 0.717. The third-order valence-corrected chi connectivity index (χ3v) is 6.47. The highest BCUT2D eigenvalue weighted by molar-refractivity contribution is 7.98. The van der Waals surface area contributed by atoms with Gasteiger partial charge in [0.25, 0.3) is 5.56 Å². The Kier molecular flexibility index (Phi) is 5.91. The van der Waals surface area contributed by atoms with E-state index in [1.54, 1.807) is 28.6 Å². The monoisotopic (exact) mass is 450 g/mol. The molecule has 0 fully saturated rings. The molecule has 3 aromatic carbocycles. The van der Waals surface area contributed by atoms with E-state index in [2.05, 4.69) is 34.8 Å². The van der Waals surface area contributed by atoms with Crippen molar-refractivity contribution < 1.29 is 0 Å². The van der Waals surface area contributed by atoms with E-state index in [4.69, 9.17) is 4.98 Å². The molecular weight excluding hydrogens is 428 g/mol. The van der Waals surface area contributed by atoms with Gasteiger partial charge in [0.15, 0.2) is 0 Å². The van der Waals surface area contributed by atoms with Crippen molar-refractivity contribution >= 4 is 40.1 Å². The van der Waals surface area contributed by atoms with Gasteiger partial charge in [0.1, 0.15) is 10.7 Å². The number of pyridine rings is 1. The topological polar surface area (TPSA) is 58.8 Å². The minimum absolute atomic E-state index is 0.136. The SMILES string of the molecule is Cc1cccn2c(=O)c(/C=N\Nc3ccc4ccccc4c3)c(SCc3ccccc3)nc12. The number of thioether (sulfide) groups is 1. The van der Waals surface area contributed by atoms with Crippen molar-refractivity contribution in [3.63, 3.8) is 0 Å². The highest BCUT2D eigenvalue weighted by Crippen LogP contribution is 2.24. The molecule has 5 rings (SSSR count). The van der Waals surface area contributed by atoms with Crippen molar-refractivity contribution in [1.29, 1.82) is 0 Å². The van der Waals surface area contributed by atoms with Crippen molar-refractivity contribution in [2.75, 3.05) is 5.43 Å². The van der Waals surface area contributed by atoms with Crippen LogP contribution >= 0.6 is 11.8 Å². The van der Waals surface area contributed by atoms with E-state index in [0.717, 1.165) is 16.6 Å². The summed E-state index contributed by atoms with van der Waals surface area (Å²) in [6.07, 6.45) is 3.32. The van der Waals surface area contributed by atoms with Crippen LogP contribution in [0.4, 0.5) is 5.69 Å². The number of rotatable bonds is 6. The summed E-state index contributed by atoms with van der Waals surface area (Å²) in [5, 5.41) is 7.34. The summed E-state index contributed by atoms with van der Waals surface area (Å²) in [7, 11) is 0. The van der Waals surface area contributed by atoms with Gasteiger partial charge in [-0.2, -0.15) is 5.10 Å². The average molecular weight is 451 g/mol. The van der Waals surface area contributed by atoms with E-state index in [1.807, 2.05) is 67.6 Å². The first-order valence-electron chi connectivity index (χ1n) is 10.7. The molecule has 0 saturated heterocycles. The number of aryl methyl sites for hydroxylation is 1. The first-order chi connectivity index (χ1) is 16.2. The van der Waals surface area contributed by atoms with Gasteiger partial charge in [0.2, 0.25) is 0 Å². The maximum absolute atomic E-state index is 13.3. The predicted molar refractivity (Wildman–Crippen MR) is 137 cm³/mol. The zero-order valence-corrected chi connectivity index (χ0v) is 18.9. The van der Waals surface area contributed by atoms with Crippen molar-refractivity contribution in [2.45, 2.75) is 17.7 Å². The Labute approximate surface area is 195 Å². The van der Waals surface area contributed by atoms with E-state index in [9.17, 15) is 4.79 Å². The Bertz CT molecular complexity index is 1530. The van der Waals surface area contributed by atoms with Crippen molar-refractivity contribution in [3.05, 3.63) is 118 Å². The molecule has 2 aromatic heterocycles. The van der Waals surface area contributed by atoms with Gasteiger partial charge in [-0.15, -0.1) is 11.8 Å². The van der Waals surface area contributed by atoms with Crippen LogP contribution < -0.4 is 11.0 Å². The normalized spacial score (nSPS) is 11.4. The second-order valence-electron chi connectivity index (χ2n) is 7.73. The Balaban J connectivity index is 1.49. The summed E-state index contributed by atoms with van der Waals surface area (Å²) in [5.41, 5.74) is 7.03. The van der Waals surface area contributed by atoms with Crippen LogP contribution in [0.15, 0.2) is 106 Å². The predicted octanol–water partition coefficient (Wildman–Crippen LogP) is 5.89. The molecular formula is C27H22N4OS. The molecule has 6 heteroatoms. The second kappa shape index (κ2) is 9.30. The van der Waals surface area contributed by atoms with Crippen molar-refractivity contribution in [2.24, 2.45) is 5.10 Å². The Morgan fingerprint density at radius 2 is 1.76 bits per heavy atom. The van der Waals surface area contributed by atoms with Crippen LogP contribution in [0.25, 0.3) is 16.4 Å². The molecule has 33 heavy (non-hydrogen) atoms. The van der Waals surface area contributed by atoms with Gasteiger partial charge < -0.3 is 0 Å². The molecule has 5 nitrogen and oxygen atoms in total. The summed E-state index contributed by atoms with van der Waals surface area (Å²) in [6.45, 7) is 1.96. The molecule has 162 valence electrons. The molecule has 2 heterocycles. The molecule has 0 aliphatic rings. The maximum Gasteiger partial charge on any atom is 0.267 e. The fourth-order valence-corrected chi connectivity index (χ4v) is 4.61. The molecule has 0 unspecified atom stereocenters. The zero-order valence-electron chi connectivity index (χ0n) is 18.1. The Hall–Kier alpha value is -3.90. The molecule has 5 aromatic rings. The summed E-state index contributed by atoms with van der Waals surface area (Å²) < 4.78 is 1.58. The van der Waals surface area contributed by atoms with Crippen LogP contribution in [0.3, 0.4) is 0 Å². The number of nitrogens with one attached hydrogen (secondary N) is 1. The molecule has 0 spiro atoms. The average Bonchev–Trinajstić information content (AvgIpc) is 2.85. The van der Waals surface area contributed by atoms with Gasteiger partial charge in [-0.3, -0.25) is 14.6 Å². The number of hydrazone groups is 1.